The van der Waals surface area contributed by atoms with Gasteiger partial charge in [-0.2, -0.15) is 5.10 Å². The maximum Gasteiger partial charge on any atom is 0.270 e. The van der Waals surface area contributed by atoms with Crippen molar-refractivity contribution in [2.75, 3.05) is 24.4 Å². The number of ether oxygens (including phenoxy) is 2. The monoisotopic (exact) mass is 472 g/mol. The molecule has 172 valence electrons. The molecule has 0 radical (unpaired) electrons. The van der Waals surface area contributed by atoms with E-state index >= 15 is 0 Å². The number of anilines is 2. The van der Waals surface area contributed by atoms with E-state index in [-0.39, 0.29) is 33.5 Å². The van der Waals surface area contributed by atoms with Crippen molar-refractivity contribution in [1.82, 2.24) is 0 Å². The standard InChI is InChI=1S/C21H20N4O7S/c1-31-19-6-4-3-5-16(19)24-33(29,30)21-12-15(25(27)28)8-9-17(21)23-22-13-14-7-10-18(26)20(11-14)32-2/h3-13,23-24,26H,1-2H3/b22-13+. The number of nitro benzene ring substituents is 1. The zero-order valence-electron chi connectivity index (χ0n) is 17.6. The molecule has 0 saturated heterocycles. The van der Waals surface area contributed by atoms with Gasteiger partial charge in [-0.3, -0.25) is 20.3 Å². The van der Waals surface area contributed by atoms with Crippen molar-refractivity contribution in [3.05, 3.63) is 76.3 Å². The minimum atomic E-state index is -4.27. The highest BCUT2D eigenvalue weighted by Gasteiger charge is 2.23. The number of para-hydroxylation sites is 2. The van der Waals surface area contributed by atoms with Crippen LogP contribution in [0.4, 0.5) is 17.1 Å². The molecule has 33 heavy (non-hydrogen) atoms. The quantitative estimate of drug-likeness (QED) is 0.243. The number of sulfonamides is 1. The van der Waals surface area contributed by atoms with Gasteiger partial charge in [0.1, 0.15) is 10.6 Å². The van der Waals surface area contributed by atoms with Gasteiger partial charge in [0, 0.05) is 12.1 Å². The van der Waals surface area contributed by atoms with Gasteiger partial charge < -0.3 is 14.6 Å². The summed E-state index contributed by atoms with van der Waals surface area (Å²) in [4.78, 5) is 10.1. The number of nitro groups is 1. The van der Waals surface area contributed by atoms with Gasteiger partial charge in [-0.15, -0.1) is 0 Å². The van der Waals surface area contributed by atoms with Gasteiger partial charge in [-0.05, 0) is 42.0 Å². The molecular weight excluding hydrogens is 452 g/mol. The molecule has 0 amide bonds. The molecule has 0 bridgehead atoms. The van der Waals surface area contributed by atoms with Crippen LogP contribution in [0.3, 0.4) is 0 Å². The first-order chi connectivity index (χ1) is 15.7. The Bertz CT molecular complexity index is 1310. The number of aromatic hydroxyl groups is 1. The van der Waals surface area contributed by atoms with Gasteiger partial charge in [0.25, 0.3) is 15.7 Å². The second kappa shape index (κ2) is 9.87. The number of benzene rings is 3. The Morgan fingerprint density at radius 3 is 2.42 bits per heavy atom. The summed E-state index contributed by atoms with van der Waals surface area (Å²) in [6.07, 6.45) is 1.37. The molecule has 0 atom stereocenters. The van der Waals surface area contributed by atoms with E-state index in [1.807, 2.05) is 0 Å². The molecule has 0 saturated carbocycles. The predicted molar refractivity (Wildman–Crippen MR) is 123 cm³/mol. The molecule has 3 aromatic rings. The molecule has 0 fully saturated rings. The number of phenolic OH excluding ortho intramolecular Hbond substituents is 1. The fourth-order valence-corrected chi connectivity index (χ4v) is 4.07. The van der Waals surface area contributed by atoms with E-state index in [1.165, 1.54) is 44.7 Å². The number of hydrogen-bond acceptors (Lipinski definition) is 9. The number of non-ortho nitro benzene ring substituents is 1. The van der Waals surface area contributed by atoms with Crippen LogP contribution in [0.25, 0.3) is 0 Å². The van der Waals surface area contributed by atoms with Crippen LogP contribution in [0.2, 0.25) is 0 Å². The topological polar surface area (TPSA) is 152 Å². The number of rotatable bonds is 9. The van der Waals surface area contributed by atoms with Crippen LogP contribution < -0.4 is 19.6 Å². The molecule has 0 aromatic heterocycles. The highest BCUT2D eigenvalue weighted by molar-refractivity contribution is 7.93. The first-order valence-electron chi connectivity index (χ1n) is 9.35. The van der Waals surface area contributed by atoms with Crippen molar-refractivity contribution in [1.29, 1.82) is 0 Å². The van der Waals surface area contributed by atoms with E-state index in [0.29, 0.717) is 5.56 Å². The summed E-state index contributed by atoms with van der Waals surface area (Å²) < 4.78 is 38.8. The van der Waals surface area contributed by atoms with E-state index in [0.717, 1.165) is 12.1 Å². The lowest BCUT2D eigenvalue weighted by atomic mass is 10.2. The Morgan fingerprint density at radius 1 is 1.00 bits per heavy atom. The second-order valence-electron chi connectivity index (χ2n) is 6.54. The Morgan fingerprint density at radius 2 is 1.73 bits per heavy atom. The summed E-state index contributed by atoms with van der Waals surface area (Å²) in [5.41, 5.74) is 2.90. The van der Waals surface area contributed by atoms with Crippen molar-refractivity contribution in [3.63, 3.8) is 0 Å². The fraction of sp³-hybridized carbons (Fsp3) is 0.0952. The number of phenols is 1. The van der Waals surface area contributed by atoms with Crippen molar-refractivity contribution >= 4 is 33.3 Å². The van der Waals surface area contributed by atoms with E-state index in [2.05, 4.69) is 15.2 Å². The molecule has 3 aromatic carbocycles. The highest BCUT2D eigenvalue weighted by Crippen LogP contribution is 2.31. The molecule has 0 heterocycles. The minimum Gasteiger partial charge on any atom is -0.504 e. The zero-order chi connectivity index (χ0) is 24.0. The lowest BCUT2D eigenvalue weighted by molar-refractivity contribution is -0.385. The zero-order valence-corrected chi connectivity index (χ0v) is 18.4. The van der Waals surface area contributed by atoms with Gasteiger partial charge in [0.15, 0.2) is 11.5 Å². The summed E-state index contributed by atoms with van der Waals surface area (Å²) >= 11 is 0. The van der Waals surface area contributed by atoms with Crippen molar-refractivity contribution < 1.29 is 27.9 Å². The van der Waals surface area contributed by atoms with Crippen molar-refractivity contribution in [2.45, 2.75) is 4.90 Å². The Hall–Kier alpha value is -4.32. The highest BCUT2D eigenvalue weighted by atomic mass is 32.2. The van der Waals surface area contributed by atoms with Crippen LogP contribution in [-0.2, 0) is 10.0 Å². The van der Waals surface area contributed by atoms with Crippen LogP contribution in [-0.4, -0.2) is 38.9 Å². The van der Waals surface area contributed by atoms with E-state index < -0.39 is 20.6 Å². The fourth-order valence-electron chi connectivity index (χ4n) is 2.82. The third-order valence-corrected chi connectivity index (χ3v) is 5.82. The van der Waals surface area contributed by atoms with Crippen LogP contribution in [0.5, 0.6) is 17.2 Å². The van der Waals surface area contributed by atoms with E-state index in [9.17, 15) is 23.6 Å². The van der Waals surface area contributed by atoms with Crippen LogP contribution in [0.15, 0.2) is 70.7 Å². The molecule has 0 aliphatic rings. The first kappa shape index (κ1) is 23.3. The van der Waals surface area contributed by atoms with Crippen LogP contribution in [0, 0.1) is 10.1 Å². The average Bonchev–Trinajstić information content (AvgIpc) is 2.80. The van der Waals surface area contributed by atoms with Crippen LogP contribution in [0.1, 0.15) is 5.56 Å². The molecule has 0 aliphatic carbocycles. The SMILES string of the molecule is COc1cc(/C=N/Nc2ccc([N+](=O)[O-])cc2S(=O)(=O)Nc2ccccc2OC)ccc1O. The van der Waals surface area contributed by atoms with Gasteiger partial charge in [-0.25, -0.2) is 8.42 Å². The van der Waals surface area contributed by atoms with E-state index in [4.69, 9.17) is 9.47 Å². The smallest absolute Gasteiger partial charge is 0.270 e. The van der Waals surface area contributed by atoms with E-state index in [1.54, 1.807) is 24.3 Å². The lowest BCUT2D eigenvalue weighted by Gasteiger charge is -2.14. The number of methoxy groups -OCH3 is 2. The average molecular weight is 472 g/mol. The number of hydrogen-bond donors (Lipinski definition) is 3. The molecule has 0 aliphatic heterocycles. The second-order valence-corrected chi connectivity index (χ2v) is 8.20. The maximum atomic E-state index is 13.1. The molecular formula is C21H20N4O7S. The Balaban J connectivity index is 1.95. The molecule has 3 N–H and O–H groups in total. The van der Waals surface area contributed by atoms with Gasteiger partial charge >= 0.3 is 0 Å². The molecule has 12 heteroatoms. The molecule has 3 rings (SSSR count). The van der Waals surface area contributed by atoms with Crippen LogP contribution >= 0.6 is 0 Å². The first-order valence-corrected chi connectivity index (χ1v) is 10.8. The van der Waals surface area contributed by atoms with Crippen molar-refractivity contribution in [3.8, 4) is 17.2 Å². The number of nitrogens with one attached hydrogen (secondary N) is 2. The summed E-state index contributed by atoms with van der Waals surface area (Å²) in [7, 11) is -1.48. The minimum absolute atomic E-state index is 0.00462. The molecule has 0 spiro atoms. The predicted octanol–water partition coefficient (Wildman–Crippen LogP) is 3.56. The lowest BCUT2D eigenvalue weighted by Crippen LogP contribution is -2.15. The Labute approximate surface area is 189 Å². The van der Waals surface area contributed by atoms with Gasteiger partial charge in [0.05, 0.1) is 36.7 Å². The third-order valence-electron chi connectivity index (χ3n) is 4.42. The summed E-state index contributed by atoms with van der Waals surface area (Å²) in [5.74, 6) is 0.465. The normalized spacial score (nSPS) is 11.2. The summed E-state index contributed by atoms with van der Waals surface area (Å²) in [6, 6.07) is 14.2. The Kier molecular flexibility index (Phi) is 6.98. The van der Waals surface area contributed by atoms with Gasteiger partial charge in [0.2, 0.25) is 0 Å². The van der Waals surface area contributed by atoms with Gasteiger partial charge in [-0.1, -0.05) is 12.1 Å². The summed E-state index contributed by atoms with van der Waals surface area (Å²) in [5, 5.41) is 24.9. The maximum absolute atomic E-state index is 13.1. The van der Waals surface area contributed by atoms with Crippen molar-refractivity contribution in [2.24, 2.45) is 5.10 Å². The number of nitrogens with zero attached hydrogens (tertiary/aromatic N) is 2. The summed E-state index contributed by atoms with van der Waals surface area (Å²) in [6.45, 7) is 0. The largest absolute Gasteiger partial charge is 0.504 e. The number of hydrazone groups is 1. The molecule has 11 nitrogen and oxygen atoms in total. The third kappa shape index (κ3) is 5.49. The molecule has 0 unspecified atom stereocenters.